The lowest BCUT2D eigenvalue weighted by atomic mass is 9.49. The Morgan fingerprint density at radius 1 is 1.08 bits per heavy atom. The number of nitrogens with zero attached hydrogens (tertiary/aromatic N) is 3. The first kappa shape index (κ1) is 29.4. The number of amides is 3. The number of carbonyl (C=O) groups is 2. The molecule has 1 saturated carbocycles. The molecule has 2 unspecified atom stereocenters. The summed E-state index contributed by atoms with van der Waals surface area (Å²) in [6, 6.07) is 4.28. The van der Waals surface area contributed by atoms with Crippen LogP contribution < -0.4 is 5.32 Å². The van der Waals surface area contributed by atoms with Gasteiger partial charge in [-0.1, -0.05) is 45.3 Å². The van der Waals surface area contributed by atoms with Gasteiger partial charge in [-0.25, -0.2) is 4.79 Å². The van der Waals surface area contributed by atoms with Gasteiger partial charge in [0.15, 0.2) is 0 Å². The quantitative estimate of drug-likeness (QED) is 0.278. The van der Waals surface area contributed by atoms with Gasteiger partial charge in [0.2, 0.25) is 5.91 Å². The van der Waals surface area contributed by atoms with E-state index >= 15 is 0 Å². The molecule has 1 saturated heterocycles. The number of halogens is 3. The van der Waals surface area contributed by atoms with E-state index in [0.29, 0.717) is 56.7 Å². The highest BCUT2D eigenvalue weighted by molar-refractivity contribution is 5.89. The number of urea groups is 1. The van der Waals surface area contributed by atoms with E-state index in [0.717, 1.165) is 57.3 Å². The topological polar surface area (TPSA) is 55.9 Å². The van der Waals surface area contributed by atoms with E-state index in [-0.39, 0.29) is 17.4 Å². The number of allylic oxidation sites excluding steroid dienone is 1. The SMILES string of the molecule is CCCCCC(=O)N1CCN(CCN(CC2=CCC3CC2C3(C)C)C(=O)Nc2ccc(C(F)(F)F)cc2)CC1. The molecule has 1 aliphatic heterocycles. The van der Waals surface area contributed by atoms with Crippen molar-refractivity contribution in [1.82, 2.24) is 14.7 Å². The number of hydrogen-bond acceptors (Lipinski definition) is 3. The lowest BCUT2D eigenvalue weighted by Crippen LogP contribution is -2.52. The zero-order chi connectivity index (χ0) is 28.2. The van der Waals surface area contributed by atoms with Crippen molar-refractivity contribution in [2.45, 2.75) is 65.5 Å². The summed E-state index contributed by atoms with van der Waals surface area (Å²) in [6.07, 6.45) is 3.77. The first-order valence-electron chi connectivity index (χ1n) is 14.4. The Kier molecular flexibility index (Phi) is 9.29. The zero-order valence-electron chi connectivity index (χ0n) is 23.5. The highest BCUT2D eigenvalue weighted by Crippen LogP contribution is 2.59. The van der Waals surface area contributed by atoms with Crippen LogP contribution in [0.3, 0.4) is 0 Å². The fourth-order valence-electron chi connectivity index (χ4n) is 6.24. The Morgan fingerprint density at radius 3 is 2.36 bits per heavy atom. The van der Waals surface area contributed by atoms with Crippen LogP contribution in [0.15, 0.2) is 35.9 Å². The number of benzene rings is 1. The van der Waals surface area contributed by atoms with Gasteiger partial charge in [-0.3, -0.25) is 9.69 Å². The normalized spacial score (nSPS) is 22.6. The van der Waals surface area contributed by atoms with Crippen molar-refractivity contribution in [2.75, 3.05) is 51.1 Å². The van der Waals surface area contributed by atoms with E-state index in [1.54, 1.807) is 4.90 Å². The average Bonchev–Trinajstić information content (AvgIpc) is 2.91. The molecule has 5 rings (SSSR count). The predicted molar refractivity (Wildman–Crippen MR) is 147 cm³/mol. The first-order valence-corrected chi connectivity index (χ1v) is 14.4. The van der Waals surface area contributed by atoms with Gasteiger partial charge in [0.25, 0.3) is 0 Å². The van der Waals surface area contributed by atoms with Gasteiger partial charge in [0.05, 0.1) is 5.56 Å². The van der Waals surface area contributed by atoms with Gasteiger partial charge in [-0.2, -0.15) is 13.2 Å². The monoisotopic (exact) mass is 548 g/mol. The standard InChI is InChI=1S/C30H43F3N4O2/c1-4-5-6-7-27(38)36-17-14-35(15-18-36)16-19-37(21-22-8-9-24-20-26(22)29(24,2)3)28(39)34-25-12-10-23(11-13-25)30(31,32)33/h8,10-13,24,26H,4-7,9,14-21H2,1-3H3,(H,34,39). The Balaban J connectivity index is 1.36. The van der Waals surface area contributed by atoms with Crippen molar-refractivity contribution in [3.05, 3.63) is 41.5 Å². The molecule has 1 aromatic carbocycles. The minimum Gasteiger partial charge on any atom is -0.340 e. The number of anilines is 1. The summed E-state index contributed by atoms with van der Waals surface area (Å²) in [5.74, 6) is 1.38. The number of carbonyl (C=O) groups excluding carboxylic acids is 2. The van der Waals surface area contributed by atoms with E-state index in [4.69, 9.17) is 0 Å². The second-order valence-electron chi connectivity index (χ2n) is 11.9. The number of alkyl halides is 3. The van der Waals surface area contributed by atoms with Crippen molar-refractivity contribution < 1.29 is 22.8 Å². The molecule has 0 spiro atoms. The second-order valence-corrected chi connectivity index (χ2v) is 11.9. The van der Waals surface area contributed by atoms with Crippen molar-refractivity contribution in [1.29, 1.82) is 0 Å². The smallest absolute Gasteiger partial charge is 0.340 e. The Labute approximate surface area is 230 Å². The van der Waals surface area contributed by atoms with E-state index in [2.05, 4.69) is 37.1 Å². The van der Waals surface area contributed by atoms with Gasteiger partial charge in [0, 0.05) is 57.9 Å². The molecule has 2 bridgehead atoms. The van der Waals surface area contributed by atoms with E-state index in [1.807, 2.05) is 4.90 Å². The summed E-state index contributed by atoms with van der Waals surface area (Å²) < 4.78 is 38.9. The van der Waals surface area contributed by atoms with Crippen LogP contribution in [-0.2, 0) is 11.0 Å². The van der Waals surface area contributed by atoms with Crippen LogP contribution in [0.25, 0.3) is 0 Å². The van der Waals surface area contributed by atoms with E-state index < -0.39 is 11.7 Å². The minimum absolute atomic E-state index is 0.228. The Bertz CT molecular complexity index is 1030. The summed E-state index contributed by atoms with van der Waals surface area (Å²) in [6.45, 7) is 11.4. The van der Waals surface area contributed by atoms with Crippen molar-refractivity contribution in [3.8, 4) is 0 Å². The lowest BCUT2D eigenvalue weighted by molar-refractivity contribution is -0.137. The molecule has 0 radical (unpaired) electrons. The summed E-state index contributed by atoms with van der Waals surface area (Å²) in [7, 11) is 0. The third-order valence-electron chi connectivity index (χ3n) is 9.11. The third-order valence-corrected chi connectivity index (χ3v) is 9.11. The highest BCUT2D eigenvalue weighted by Gasteiger charge is 2.51. The number of nitrogens with one attached hydrogen (secondary N) is 1. The number of hydrogen-bond donors (Lipinski definition) is 1. The average molecular weight is 549 g/mol. The molecule has 1 aromatic rings. The van der Waals surface area contributed by atoms with Crippen molar-refractivity contribution in [3.63, 3.8) is 0 Å². The molecular formula is C30H43F3N4O2. The highest BCUT2D eigenvalue weighted by atomic mass is 19.4. The molecule has 39 heavy (non-hydrogen) atoms. The predicted octanol–water partition coefficient (Wildman–Crippen LogP) is 6.26. The molecule has 0 aromatic heterocycles. The number of rotatable bonds is 10. The number of fused-ring (bicyclic) bond motifs is 1. The molecule has 3 aliphatic carbocycles. The van der Waals surface area contributed by atoms with Crippen molar-refractivity contribution >= 4 is 17.6 Å². The summed E-state index contributed by atoms with van der Waals surface area (Å²) >= 11 is 0. The van der Waals surface area contributed by atoms with Crippen LogP contribution in [0, 0.1) is 17.3 Å². The first-order chi connectivity index (χ1) is 18.5. The minimum atomic E-state index is -4.42. The number of piperazine rings is 1. The molecular weight excluding hydrogens is 505 g/mol. The van der Waals surface area contributed by atoms with Crippen LogP contribution in [0.2, 0.25) is 0 Å². The molecule has 3 amide bonds. The van der Waals surface area contributed by atoms with Gasteiger partial charge < -0.3 is 15.1 Å². The molecule has 4 aliphatic rings. The molecule has 216 valence electrons. The maximum absolute atomic E-state index is 13.4. The molecule has 1 heterocycles. The van der Waals surface area contributed by atoms with Crippen LogP contribution in [0.5, 0.6) is 0 Å². The van der Waals surface area contributed by atoms with Crippen LogP contribution in [-0.4, -0.2) is 72.5 Å². The molecule has 9 heteroatoms. The maximum Gasteiger partial charge on any atom is 0.416 e. The van der Waals surface area contributed by atoms with Crippen LogP contribution in [0.4, 0.5) is 23.7 Å². The van der Waals surface area contributed by atoms with Gasteiger partial charge in [-0.15, -0.1) is 0 Å². The molecule has 1 N–H and O–H groups in total. The second kappa shape index (κ2) is 12.3. The largest absolute Gasteiger partial charge is 0.416 e. The fourth-order valence-corrected chi connectivity index (χ4v) is 6.24. The Morgan fingerprint density at radius 2 is 1.77 bits per heavy atom. The Hall–Kier alpha value is -2.55. The molecule has 2 atom stereocenters. The third kappa shape index (κ3) is 7.16. The van der Waals surface area contributed by atoms with E-state index in [1.165, 1.54) is 17.7 Å². The maximum atomic E-state index is 13.4. The summed E-state index contributed by atoms with van der Waals surface area (Å²) in [4.78, 5) is 31.9. The zero-order valence-corrected chi connectivity index (χ0v) is 23.5. The summed E-state index contributed by atoms with van der Waals surface area (Å²) in [5, 5.41) is 2.81. The lowest BCUT2D eigenvalue weighted by Gasteiger charge is -2.57. The van der Waals surface area contributed by atoms with Gasteiger partial charge in [0.1, 0.15) is 0 Å². The van der Waals surface area contributed by atoms with Gasteiger partial charge in [-0.05, 0) is 60.8 Å². The van der Waals surface area contributed by atoms with Gasteiger partial charge >= 0.3 is 12.2 Å². The fraction of sp³-hybridized carbons (Fsp3) is 0.667. The summed E-state index contributed by atoms with van der Waals surface area (Å²) in [5.41, 5.74) is 1.12. The van der Waals surface area contributed by atoms with E-state index in [9.17, 15) is 22.8 Å². The molecule has 2 fully saturated rings. The van der Waals surface area contributed by atoms with Crippen LogP contribution in [0.1, 0.15) is 64.9 Å². The van der Waals surface area contributed by atoms with Crippen molar-refractivity contribution in [2.24, 2.45) is 17.3 Å². The molecule has 6 nitrogen and oxygen atoms in total. The number of unbranched alkanes of at least 4 members (excludes halogenated alkanes) is 2. The van der Waals surface area contributed by atoms with Crippen LogP contribution >= 0.6 is 0 Å².